The van der Waals surface area contributed by atoms with Crippen molar-refractivity contribution in [2.24, 2.45) is 0 Å². The monoisotopic (exact) mass is 686 g/mol. The first-order valence-corrected chi connectivity index (χ1v) is 16.4. The number of thiophene rings is 1. The molecule has 0 aliphatic carbocycles. The van der Waals surface area contributed by atoms with Crippen LogP contribution in [0.3, 0.4) is 0 Å². The maximum Gasteiger partial charge on any atom is 0.341 e. The number of hydrogen-bond acceptors (Lipinski definition) is 11. The van der Waals surface area contributed by atoms with Gasteiger partial charge >= 0.3 is 11.9 Å². The maximum atomic E-state index is 13.1. The molecule has 1 saturated heterocycles. The third-order valence-electron chi connectivity index (χ3n) is 7.05. The third-order valence-corrected chi connectivity index (χ3v) is 9.44. The smallest absolute Gasteiger partial charge is 0.341 e. The van der Waals surface area contributed by atoms with Crippen LogP contribution in [0.15, 0.2) is 83.8 Å². The van der Waals surface area contributed by atoms with Crippen molar-refractivity contribution in [3.8, 4) is 0 Å². The molecule has 1 aliphatic rings. The predicted molar refractivity (Wildman–Crippen MR) is 182 cm³/mol. The average Bonchev–Trinajstić information content (AvgIpc) is 3.54. The highest BCUT2D eigenvalue weighted by atomic mass is 32.2. The van der Waals surface area contributed by atoms with E-state index in [4.69, 9.17) is 15.2 Å². The van der Waals surface area contributed by atoms with Gasteiger partial charge in [0.1, 0.15) is 5.00 Å². The number of nitrogen functional groups attached to an aromatic ring is 1. The number of ether oxygens (including phenoxy) is 2. The number of nitrogens with one attached hydrogen (secondary N) is 2. The van der Waals surface area contributed by atoms with Crippen LogP contribution in [0.25, 0.3) is 0 Å². The van der Waals surface area contributed by atoms with Crippen LogP contribution in [0.2, 0.25) is 0 Å². The summed E-state index contributed by atoms with van der Waals surface area (Å²) in [5.74, 6) is -3.54. The molecule has 1 aliphatic heterocycles. The normalized spacial score (nSPS) is 14.0. The number of hydrogen-bond donors (Lipinski definition) is 3. The highest BCUT2D eigenvalue weighted by Gasteiger charge is 2.40. The molecule has 1 aromatic heterocycles. The zero-order valence-corrected chi connectivity index (χ0v) is 27.4. The molecule has 1 atom stereocenters. The Morgan fingerprint density at radius 2 is 1.67 bits per heavy atom. The summed E-state index contributed by atoms with van der Waals surface area (Å²) in [5.41, 5.74) is 7.64. The number of para-hydroxylation sites is 1. The third kappa shape index (κ3) is 7.73. The van der Waals surface area contributed by atoms with Gasteiger partial charge in [0.05, 0.1) is 33.5 Å². The molecular formula is C34H30N4O8S2. The Hall–Kier alpha value is -5.47. The van der Waals surface area contributed by atoms with E-state index in [-0.39, 0.29) is 45.8 Å². The highest BCUT2D eigenvalue weighted by Crippen LogP contribution is 2.36. The maximum absolute atomic E-state index is 13.1. The van der Waals surface area contributed by atoms with Gasteiger partial charge in [-0.3, -0.25) is 19.2 Å². The van der Waals surface area contributed by atoms with Crippen molar-refractivity contribution < 1.29 is 38.2 Å². The van der Waals surface area contributed by atoms with E-state index >= 15 is 0 Å². The van der Waals surface area contributed by atoms with Crippen LogP contribution >= 0.6 is 23.1 Å². The van der Waals surface area contributed by atoms with E-state index in [0.29, 0.717) is 22.6 Å². The van der Waals surface area contributed by atoms with Crippen molar-refractivity contribution in [1.29, 1.82) is 0 Å². The van der Waals surface area contributed by atoms with Crippen molar-refractivity contribution in [2.75, 3.05) is 34.5 Å². The molecule has 2 heterocycles. The molecule has 4 amide bonds. The largest absolute Gasteiger partial charge is 0.462 e. The van der Waals surface area contributed by atoms with Gasteiger partial charge in [0.15, 0.2) is 6.61 Å². The topological polar surface area (TPSA) is 174 Å². The van der Waals surface area contributed by atoms with Gasteiger partial charge in [-0.05, 0) is 74.0 Å². The summed E-state index contributed by atoms with van der Waals surface area (Å²) in [4.78, 5) is 79.1. The van der Waals surface area contributed by atoms with Crippen molar-refractivity contribution >= 4 is 80.7 Å². The van der Waals surface area contributed by atoms with Crippen LogP contribution in [0.1, 0.15) is 49.3 Å². The molecule has 0 bridgehead atoms. The average molecular weight is 687 g/mol. The lowest BCUT2D eigenvalue weighted by Crippen LogP contribution is -2.31. The molecular weight excluding hydrogens is 657 g/mol. The van der Waals surface area contributed by atoms with Crippen LogP contribution in [-0.2, 0) is 23.9 Å². The quantitative estimate of drug-likeness (QED) is 0.107. The number of rotatable bonds is 11. The van der Waals surface area contributed by atoms with E-state index in [1.165, 1.54) is 36.0 Å². The predicted octanol–water partition coefficient (Wildman–Crippen LogP) is 5.29. The van der Waals surface area contributed by atoms with Crippen molar-refractivity contribution in [3.05, 3.63) is 100 Å². The molecule has 14 heteroatoms. The molecule has 4 aromatic rings. The minimum Gasteiger partial charge on any atom is -0.462 e. The lowest BCUT2D eigenvalue weighted by atomic mass is 10.1. The second-order valence-corrected chi connectivity index (χ2v) is 12.7. The summed E-state index contributed by atoms with van der Waals surface area (Å²) < 4.78 is 10.3. The number of carbonyl (C=O) groups is 6. The number of thioether (sulfide) groups is 1. The van der Waals surface area contributed by atoms with Crippen LogP contribution in [0, 0.1) is 6.92 Å². The van der Waals surface area contributed by atoms with E-state index in [9.17, 15) is 28.8 Å². The standard InChI is InChI=1S/C34H30N4O8S2/c1-3-45-34(44)28-19(2)29(30(41)36-22-9-5-4-6-10-22)48-31(28)37-26(39)18-46-33(43)20-12-14-23(15-13-20)38-27(40)17-25(32(38)42)47-24-11-7-8-21(35)16-24/h4-16,25H,3,17-18,35H2,1-2H3,(H,36,41)(H,37,39). The molecule has 0 spiro atoms. The van der Waals surface area contributed by atoms with E-state index in [2.05, 4.69) is 10.6 Å². The Kier molecular flexibility index (Phi) is 10.6. The summed E-state index contributed by atoms with van der Waals surface area (Å²) in [7, 11) is 0. The van der Waals surface area contributed by atoms with Crippen LogP contribution < -0.4 is 21.3 Å². The summed E-state index contributed by atoms with van der Waals surface area (Å²) in [5, 5.41) is 4.76. The number of nitrogens with two attached hydrogens (primary N) is 1. The number of anilines is 4. The Bertz CT molecular complexity index is 1890. The first kappa shape index (κ1) is 33.9. The first-order chi connectivity index (χ1) is 23.0. The Morgan fingerprint density at radius 1 is 0.938 bits per heavy atom. The molecule has 12 nitrogen and oxygen atoms in total. The zero-order valence-electron chi connectivity index (χ0n) is 25.8. The van der Waals surface area contributed by atoms with Crippen molar-refractivity contribution in [2.45, 2.75) is 30.4 Å². The zero-order chi connectivity index (χ0) is 34.4. The molecule has 1 fully saturated rings. The van der Waals surface area contributed by atoms with Crippen LogP contribution in [0.5, 0.6) is 0 Å². The van der Waals surface area contributed by atoms with Gasteiger partial charge < -0.3 is 25.8 Å². The Morgan fingerprint density at radius 3 is 2.35 bits per heavy atom. The lowest BCUT2D eigenvalue weighted by Gasteiger charge is -2.15. The SMILES string of the molecule is CCOC(=O)c1c(NC(=O)COC(=O)c2ccc(N3C(=O)CC(Sc4cccc(N)c4)C3=O)cc2)sc(C(=O)Nc2ccccc2)c1C. The summed E-state index contributed by atoms with van der Waals surface area (Å²) >= 11 is 2.14. The van der Waals surface area contributed by atoms with E-state index in [1.807, 2.05) is 6.07 Å². The van der Waals surface area contributed by atoms with Gasteiger partial charge in [-0.25, -0.2) is 14.5 Å². The summed E-state index contributed by atoms with van der Waals surface area (Å²) in [6, 6.07) is 21.4. The molecule has 1 unspecified atom stereocenters. The first-order valence-electron chi connectivity index (χ1n) is 14.7. The fraction of sp³-hybridized carbons (Fsp3) is 0.176. The Labute approximate surface area is 283 Å². The molecule has 0 radical (unpaired) electrons. The molecule has 0 saturated carbocycles. The molecule has 48 heavy (non-hydrogen) atoms. The summed E-state index contributed by atoms with van der Waals surface area (Å²) in [6.07, 6.45) is 0.0119. The fourth-order valence-electron chi connectivity index (χ4n) is 4.82. The van der Waals surface area contributed by atoms with E-state index in [0.717, 1.165) is 21.1 Å². The molecule has 246 valence electrons. The number of imide groups is 1. The molecule has 4 N–H and O–H groups in total. The van der Waals surface area contributed by atoms with Crippen molar-refractivity contribution in [3.63, 3.8) is 0 Å². The van der Waals surface area contributed by atoms with Crippen LogP contribution in [0.4, 0.5) is 22.1 Å². The molecule has 3 aromatic carbocycles. The highest BCUT2D eigenvalue weighted by molar-refractivity contribution is 8.00. The number of benzene rings is 3. The van der Waals surface area contributed by atoms with Gasteiger partial charge in [0.25, 0.3) is 11.8 Å². The number of amides is 4. The van der Waals surface area contributed by atoms with E-state index < -0.39 is 35.6 Å². The van der Waals surface area contributed by atoms with Gasteiger partial charge in [0.2, 0.25) is 11.8 Å². The van der Waals surface area contributed by atoms with Crippen molar-refractivity contribution in [1.82, 2.24) is 0 Å². The molecule has 5 rings (SSSR count). The van der Waals surface area contributed by atoms with Crippen LogP contribution in [-0.4, -0.2) is 54.0 Å². The minimum atomic E-state index is -0.832. The van der Waals surface area contributed by atoms with Gasteiger partial charge in [0, 0.05) is 22.7 Å². The summed E-state index contributed by atoms with van der Waals surface area (Å²) in [6.45, 7) is 2.58. The second-order valence-electron chi connectivity index (χ2n) is 10.4. The van der Waals surface area contributed by atoms with Gasteiger partial charge in [-0.2, -0.15) is 0 Å². The Balaban J connectivity index is 1.21. The lowest BCUT2D eigenvalue weighted by molar-refractivity contribution is -0.121. The minimum absolute atomic E-state index is 0.0119. The fourth-order valence-corrected chi connectivity index (χ4v) is 7.05. The van der Waals surface area contributed by atoms with Gasteiger partial charge in [-0.1, -0.05) is 24.3 Å². The second kappa shape index (κ2) is 15.0. The number of esters is 2. The van der Waals surface area contributed by atoms with E-state index in [1.54, 1.807) is 62.4 Å². The number of nitrogens with zero attached hydrogens (tertiary/aromatic N) is 1. The van der Waals surface area contributed by atoms with Gasteiger partial charge in [-0.15, -0.1) is 23.1 Å². The number of carbonyl (C=O) groups excluding carboxylic acids is 6.